The summed E-state index contributed by atoms with van der Waals surface area (Å²) in [4.78, 5) is 18.6. The zero-order valence-corrected chi connectivity index (χ0v) is 18.1. The fourth-order valence-electron chi connectivity index (χ4n) is 3.33. The number of halogens is 1. The predicted molar refractivity (Wildman–Crippen MR) is 109 cm³/mol. The molecule has 0 aliphatic carbocycles. The van der Waals surface area contributed by atoms with Crippen LogP contribution in [0.25, 0.3) is 0 Å². The second kappa shape index (κ2) is 8.37. The lowest BCUT2D eigenvalue weighted by molar-refractivity contribution is 0.0812. The van der Waals surface area contributed by atoms with E-state index in [1.807, 2.05) is 11.5 Å². The molecular weight excluding hydrogens is 400 g/mol. The number of hydrogen-bond acceptors (Lipinski definition) is 5. The fourth-order valence-corrected chi connectivity index (χ4v) is 4.64. The van der Waals surface area contributed by atoms with Crippen LogP contribution in [0.15, 0.2) is 23.2 Å². The average molecular weight is 425 g/mol. The molecule has 8 heteroatoms. The Hall–Kier alpha value is -1.67. The first-order valence-corrected chi connectivity index (χ1v) is 10.3. The van der Waals surface area contributed by atoms with Crippen LogP contribution in [0, 0.1) is 12.8 Å². The van der Waals surface area contributed by atoms with E-state index in [4.69, 9.17) is 21.1 Å². The standard InChI is InChI=1S/C20H25ClN2O4S/c1-12-17(20(2,3)25)28-19(23(12)10-13-7-8-27-11-13)22-18(24)15-9-14(21)5-6-16(15)26-4/h5-6,9,13,25H,7-8,10-11H2,1-4H3/b22-19-. The van der Waals surface area contributed by atoms with Gasteiger partial charge in [-0.15, -0.1) is 0 Å². The van der Waals surface area contributed by atoms with Gasteiger partial charge in [0, 0.05) is 29.8 Å². The van der Waals surface area contributed by atoms with Gasteiger partial charge >= 0.3 is 0 Å². The normalized spacial score (nSPS) is 17.9. The second-order valence-corrected chi connectivity index (χ2v) is 8.87. The minimum absolute atomic E-state index is 0.307. The number of aromatic nitrogens is 1. The first-order chi connectivity index (χ1) is 13.2. The summed E-state index contributed by atoms with van der Waals surface area (Å²) in [5.74, 6) is 0.349. The third-order valence-electron chi connectivity index (χ3n) is 4.77. The van der Waals surface area contributed by atoms with Gasteiger partial charge in [-0.2, -0.15) is 4.99 Å². The van der Waals surface area contributed by atoms with E-state index in [2.05, 4.69) is 4.99 Å². The molecule has 1 aliphatic rings. The van der Waals surface area contributed by atoms with Crippen LogP contribution in [-0.2, 0) is 16.9 Å². The molecule has 6 nitrogen and oxygen atoms in total. The van der Waals surface area contributed by atoms with Crippen molar-refractivity contribution in [1.29, 1.82) is 0 Å². The number of benzene rings is 1. The van der Waals surface area contributed by atoms with E-state index in [0.717, 1.165) is 23.6 Å². The van der Waals surface area contributed by atoms with Crippen LogP contribution >= 0.6 is 22.9 Å². The van der Waals surface area contributed by atoms with Crippen LogP contribution in [0.5, 0.6) is 5.75 Å². The minimum Gasteiger partial charge on any atom is -0.496 e. The quantitative estimate of drug-likeness (QED) is 0.796. The number of nitrogens with zero attached hydrogens (tertiary/aromatic N) is 2. The summed E-state index contributed by atoms with van der Waals surface area (Å²) in [6.45, 7) is 7.55. The van der Waals surface area contributed by atoms with Gasteiger partial charge in [0.2, 0.25) is 0 Å². The Morgan fingerprint density at radius 2 is 2.25 bits per heavy atom. The van der Waals surface area contributed by atoms with Crippen molar-refractivity contribution in [2.45, 2.75) is 39.3 Å². The van der Waals surface area contributed by atoms with Crippen molar-refractivity contribution in [3.8, 4) is 5.75 Å². The molecule has 1 fully saturated rings. The molecule has 1 amide bonds. The highest BCUT2D eigenvalue weighted by atomic mass is 35.5. The molecule has 1 unspecified atom stereocenters. The molecule has 2 aromatic rings. The van der Waals surface area contributed by atoms with Crippen molar-refractivity contribution >= 4 is 28.8 Å². The van der Waals surface area contributed by atoms with Crippen molar-refractivity contribution in [3.63, 3.8) is 0 Å². The van der Waals surface area contributed by atoms with E-state index in [9.17, 15) is 9.90 Å². The number of amides is 1. The van der Waals surface area contributed by atoms with E-state index in [1.165, 1.54) is 18.4 Å². The molecule has 3 rings (SSSR count). The van der Waals surface area contributed by atoms with Gasteiger partial charge in [0.25, 0.3) is 5.91 Å². The van der Waals surface area contributed by atoms with E-state index >= 15 is 0 Å². The Labute approximate surface area is 173 Å². The molecule has 0 radical (unpaired) electrons. The zero-order valence-electron chi connectivity index (χ0n) is 16.5. The highest BCUT2D eigenvalue weighted by Gasteiger charge is 2.26. The van der Waals surface area contributed by atoms with Gasteiger partial charge in [0.15, 0.2) is 4.80 Å². The first kappa shape index (κ1) is 21.0. The number of hydrogen-bond donors (Lipinski definition) is 1. The SMILES string of the molecule is COc1ccc(Cl)cc1C(=O)/N=c1\sc(C(C)(C)O)c(C)n1CC1CCOC1. The second-order valence-electron chi connectivity index (χ2n) is 7.46. The fraction of sp³-hybridized carbons (Fsp3) is 0.500. The molecule has 1 aromatic heterocycles. The van der Waals surface area contributed by atoms with E-state index in [-0.39, 0.29) is 0 Å². The Balaban J connectivity index is 2.08. The predicted octanol–water partition coefficient (Wildman–Crippen LogP) is 3.53. The summed E-state index contributed by atoms with van der Waals surface area (Å²) in [6.07, 6.45) is 0.968. The number of thiazole rings is 1. The minimum atomic E-state index is -1.02. The highest BCUT2D eigenvalue weighted by Crippen LogP contribution is 2.28. The molecule has 1 saturated heterocycles. The maximum Gasteiger partial charge on any atom is 0.283 e. The first-order valence-electron chi connectivity index (χ1n) is 9.14. The number of carbonyl (C=O) groups excluding carboxylic acids is 1. The van der Waals surface area contributed by atoms with E-state index in [1.54, 1.807) is 32.0 Å². The number of aliphatic hydroxyl groups is 1. The van der Waals surface area contributed by atoms with Gasteiger partial charge < -0.3 is 19.1 Å². The molecule has 0 bridgehead atoms. The van der Waals surface area contributed by atoms with Gasteiger partial charge in [0.05, 0.1) is 29.8 Å². The lowest BCUT2D eigenvalue weighted by Crippen LogP contribution is -2.23. The van der Waals surface area contributed by atoms with Crippen molar-refractivity contribution < 1.29 is 19.4 Å². The maximum absolute atomic E-state index is 12.9. The Morgan fingerprint density at radius 3 is 2.86 bits per heavy atom. The largest absolute Gasteiger partial charge is 0.496 e. The summed E-state index contributed by atoms with van der Waals surface area (Å²) >= 11 is 7.38. The van der Waals surface area contributed by atoms with Crippen LogP contribution in [0.1, 0.15) is 41.2 Å². The smallest absolute Gasteiger partial charge is 0.283 e. The summed E-state index contributed by atoms with van der Waals surface area (Å²) in [5, 5.41) is 11.0. The third-order valence-corrected chi connectivity index (χ3v) is 6.50. The molecule has 2 heterocycles. The average Bonchev–Trinajstić information content (AvgIpc) is 3.24. The van der Waals surface area contributed by atoms with Crippen LogP contribution < -0.4 is 9.54 Å². The molecular formula is C20H25ClN2O4S. The zero-order chi connectivity index (χ0) is 20.5. The van der Waals surface area contributed by atoms with Crippen molar-refractivity contribution in [3.05, 3.63) is 44.2 Å². The molecule has 0 saturated carbocycles. The van der Waals surface area contributed by atoms with E-state index in [0.29, 0.717) is 40.2 Å². The third kappa shape index (κ3) is 4.49. The Kier molecular flexibility index (Phi) is 6.29. The number of ether oxygens (including phenoxy) is 2. The van der Waals surface area contributed by atoms with Crippen LogP contribution in [-0.4, -0.2) is 35.9 Å². The molecule has 0 spiro atoms. The van der Waals surface area contributed by atoms with Crippen molar-refractivity contribution in [2.24, 2.45) is 10.9 Å². The summed E-state index contributed by atoms with van der Waals surface area (Å²) < 4.78 is 12.8. The van der Waals surface area contributed by atoms with Gasteiger partial charge in [-0.1, -0.05) is 22.9 Å². The van der Waals surface area contributed by atoms with Crippen LogP contribution in [0.3, 0.4) is 0 Å². The number of rotatable bonds is 5. The lowest BCUT2D eigenvalue weighted by Gasteiger charge is -2.17. The van der Waals surface area contributed by atoms with Gasteiger partial charge in [-0.05, 0) is 45.4 Å². The van der Waals surface area contributed by atoms with Crippen molar-refractivity contribution in [2.75, 3.05) is 20.3 Å². The summed E-state index contributed by atoms with van der Waals surface area (Å²) in [6, 6.07) is 4.87. The van der Waals surface area contributed by atoms with Crippen LogP contribution in [0.2, 0.25) is 5.02 Å². The van der Waals surface area contributed by atoms with Gasteiger partial charge in [-0.25, -0.2) is 0 Å². The Bertz CT molecular complexity index is 937. The van der Waals surface area contributed by atoms with Gasteiger partial charge in [0.1, 0.15) is 5.75 Å². The molecule has 1 atom stereocenters. The maximum atomic E-state index is 12.9. The molecule has 1 N–H and O–H groups in total. The molecule has 28 heavy (non-hydrogen) atoms. The van der Waals surface area contributed by atoms with Gasteiger partial charge in [-0.3, -0.25) is 4.79 Å². The highest BCUT2D eigenvalue weighted by molar-refractivity contribution is 7.09. The van der Waals surface area contributed by atoms with E-state index < -0.39 is 11.5 Å². The number of carbonyl (C=O) groups is 1. The lowest BCUT2D eigenvalue weighted by atomic mass is 10.1. The molecule has 1 aromatic carbocycles. The molecule has 152 valence electrons. The number of methoxy groups -OCH3 is 1. The monoisotopic (exact) mass is 424 g/mol. The topological polar surface area (TPSA) is 73.0 Å². The Morgan fingerprint density at radius 1 is 1.50 bits per heavy atom. The van der Waals surface area contributed by atoms with Crippen LogP contribution in [0.4, 0.5) is 0 Å². The van der Waals surface area contributed by atoms with Crippen molar-refractivity contribution in [1.82, 2.24) is 4.57 Å². The summed E-state index contributed by atoms with van der Waals surface area (Å²) in [7, 11) is 1.50. The summed E-state index contributed by atoms with van der Waals surface area (Å²) in [5.41, 5.74) is 0.198. The molecule has 1 aliphatic heterocycles.